The summed E-state index contributed by atoms with van der Waals surface area (Å²) in [5, 5.41) is 6.29. The van der Waals surface area contributed by atoms with Crippen LogP contribution < -0.4 is 10.6 Å². The summed E-state index contributed by atoms with van der Waals surface area (Å²) in [6.07, 6.45) is 4.12. The van der Waals surface area contributed by atoms with E-state index in [2.05, 4.69) is 40.0 Å². The smallest absolute Gasteiger partial charge is 0.251 e. The molecule has 160 valence electrons. The number of carbonyl (C=O) groups excluding carboxylic acids is 1. The molecule has 2 rings (SSSR count). The number of rotatable bonds is 9. The zero-order valence-corrected chi connectivity index (χ0v) is 20.3. The molecule has 1 amide bonds. The van der Waals surface area contributed by atoms with Crippen LogP contribution >= 0.6 is 24.0 Å². The van der Waals surface area contributed by atoms with Crippen LogP contribution in [0.4, 0.5) is 0 Å². The molecule has 1 heterocycles. The van der Waals surface area contributed by atoms with Gasteiger partial charge in [0.1, 0.15) is 0 Å². The van der Waals surface area contributed by atoms with Crippen molar-refractivity contribution in [3.05, 3.63) is 59.4 Å². The fourth-order valence-electron chi connectivity index (χ4n) is 2.86. The molecule has 0 fully saturated rings. The first-order valence-corrected chi connectivity index (χ1v) is 10.0. The van der Waals surface area contributed by atoms with Gasteiger partial charge in [-0.15, -0.1) is 24.0 Å². The highest BCUT2D eigenvalue weighted by Crippen LogP contribution is 2.08. The molecule has 0 unspecified atom stereocenters. The third-order valence-corrected chi connectivity index (χ3v) is 4.59. The molecule has 0 spiro atoms. The summed E-state index contributed by atoms with van der Waals surface area (Å²) in [6, 6.07) is 11.8. The predicted octanol–water partition coefficient (Wildman–Crippen LogP) is 3.77. The molecular weight excluding hydrogens is 477 g/mol. The van der Waals surface area contributed by atoms with Gasteiger partial charge in [-0.3, -0.25) is 4.79 Å². The van der Waals surface area contributed by atoms with Gasteiger partial charge in [-0.2, -0.15) is 0 Å². The zero-order valence-electron chi connectivity index (χ0n) is 17.9. The number of nitrogens with one attached hydrogen (secondary N) is 2. The second-order valence-corrected chi connectivity index (χ2v) is 6.94. The Balaban J connectivity index is 0.00000420. The Hall–Kier alpha value is -2.03. The molecule has 29 heavy (non-hydrogen) atoms. The third kappa shape index (κ3) is 8.08. The fourth-order valence-corrected chi connectivity index (χ4v) is 2.86. The highest BCUT2D eigenvalue weighted by Gasteiger charge is 2.09. The lowest BCUT2D eigenvalue weighted by Crippen LogP contribution is -2.38. The van der Waals surface area contributed by atoms with Gasteiger partial charge in [0.05, 0.1) is 13.1 Å². The first kappa shape index (κ1) is 25.0. The van der Waals surface area contributed by atoms with Gasteiger partial charge < -0.3 is 20.1 Å². The number of benzene rings is 1. The lowest BCUT2D eigenvalue weighted by Gasteiger charge is -2.22. The van der Waals surface area contributed by atoms with E-state index in [1.54, 1.807) is 0 Å². The highest BCUT2D eigenvalue weighted by atomic mass is 127. The Morgan fingerprint density at radius 3 is 2.45 bits per heavy atom. The SMILES string of the molecule is CCCCNC(=O)c1ccc(CN=C(NCC)N(C)Cc2cccn2C)cc1.I. The average molecular weight is 511 g/mol. The first-order valence-electron chi connectivity index (χ1n) is 10.0. The fraction of sp³-hybridized carbons (Fsp3) is 0.455. The molecule has 7 heteroatoms. The maximum atomic E-state index is 12.1. The minimum atomic E-state index is -0.0147. The molecule has 2 N–H and O–H groups in total. The van der Waals surface area contributed by atoms with Gasteiger partial charge in [-0.25, -0.2) is 4.99 Å². The molecule has 0 bridgehead atoms. The molecule has 0 aliphatic rings. The maximum Gasteiger partial charge on any atom is 0.251 e. The van der Waals surface area contributed by atoms with E-state index < -0.39 is 0 Å². The lowest BCUT2D eigenvalue weighted by atomic mass is 10.1. The number of hydrogen-bond acceptors (Lipinski definition) is 2. The van der Waals surface area contributed by atoms with Crippen LogP contribution in [0.5, 0.6) is 0 Å². The average Bonchev–Trinajstić information content (AvgIpc) is 3.10. The summed E-state index contributed by atoms with van der Waals surface area (Å²) in [5.74, 6) is 0.851. The van der Waals surface area contributed by atoms with E-state index in [1.165, 1.54) is 5.69 Å². The van der Waals surface area contributed by atoms with E-state index >= 15 is 0 Å². The van der Waals surface area contributed by atoms with Crippen molar-refractivity contribution in [2.75, 3.05) is 20.1 Å². The summed E-state index contributed by atoms with van der Waals surface area (Å²) < 4.78 is 2.12. The largest absolute Gasteiger partial charge is 0.357 e. The number of carbonyl (C=O) groups is 1. The number of amides is 1. The molecule has 0 radical (unpaired) electrons. The van der Waals surface area contributed by atoms with Crippen LogP contribution in [0.15, 0.2) is 47.6 Å². The zero-order chi connectivity index (χ0) is 20.4. The van der Waals surface area contributed by atoms with Crippen LogP contribution in [0.2, 0.25) is 0 Å². The van der Waals surface area contributed by atoms with Crippen LogP contribution in [-0.2, 0) is 20.1 Å². The van der Waals surface area contributed by atoms with E-state index in [9.17, 15) is 4.79 Å². The number of halogens is 1. The van der Waals surface area contributed by atoms with E-state index in [0.717, 1.165) is 44.0 Å². The topological polar surface area (TPSA) is 61.7 Å². The van der Waals surface area contributed by atoms with Crippen molar-refractivity contribution in [2.24, 2.45) is 12.0 Å². The Kier molecular flexibility index (Phi) is 11.4. The van der Waals surface area contributed by atoms with Crippen LogP contribution in [0.3, 0.4) is 0 Å². The van der Waals surface area contributed by atoms with E-state index in [0.29, 0.717) is 12.1 Å². The minimum absolute atomic E-state index is 0. The number of aromatic nitrogens is 1. The summed E-state index contributed by atoms with van der Waals surface area (Å²) >= 11 is 0. The minimum Gasteiger partial charge on any atom is -0.357 e. The van der Waals surface area contributed by atoms with Gasteiger partial charge >= 0.3 is 0 Å². The molecule has 0 aliphatic heterocycles. The van der Waals surface area contributed by atoms with Crippen molar-refractivity contribution in [2.45, 2.75) is 39.8 Å². The van der Waals surface area contributed by atoms with E-state index in [-0.39, 0.29) is 29.9 Å². The number of unbranched alkanes of at least 4 members (excludes halogenated alkanes) is 1. The van der Waals surface area contributed by atoms with Crippen LogP contribution in [0.25, 0.3) is 0 Å². The number of aliphatic imine (C=N–C) groups is 1. The molecular formula is C22H34IN5O. The van der Waals surface area contributed by atoms with Crippen LogP contribution in [0.1, 0.15) is 48.3 Å². The van der Waals surface area contributed by atoms with Gasteiger partial charge in [-0.1, -0.05) is 25.5 Å². The Labute approximate surface area is 191 Å². The number of nitrogens with zero attached hydrogens (tertiary/aromatic N) is 3. The van der Waals surface area contributed by atoms with Gasteiger partial charge in [0, 0.05) is 44.6 Å². The normalized spacial score (nSPS) is 11.0. The summed E-state index contributed by atoms with van der Waals surface area (Å²) in [7, 11) is 4.09. The van der Waals surface area contributed by atoms with Crippen molar-refractivity contribution < 1.29 is 4.79 Å². The molecule has 0 atom stereocenters. The molecule has 0 saturated carbocycles. The third-order valence-electron chi connectivity index (χ3n) is 4.59. The number of hydrogen-bond donors (Lipinski definition) is 2. The molecule has 0 aliphatic carbocycles. The molecule has 0 saturated heterocycles. The van der Waals surface area contributed by atoms with Crippen molar-refractivity contribution in [3.8, 4) is 0 Å². The lowest BCUT2D eigenvalue weighted by molar-refractivity contribution is 0.0953. The Morgan fingerprint density at radius 1 is 1.14 bits per heavy atom. The van der Waals surface area contributed by atoms with Crippen molar-refractivity contribution in [1.82, 2.24) is 20.1 Å². The molecule has 1 aromatic carbocycles. The van der Waals surface area contributed by atoms with Gasteiger partial charge in [0.15, 0.2) is 5.96 Å². The number of guanidine groups is 1. The first-order chi connectivity index (χ1) is 13.5. The highest BCUT2D eigenvalue weighted by molar-refractivity contribution is 14.0. The molecule has 6 nitrogen and oxygen atoms in total. The van der Waals surface area contributed by atoms with Gasteiger partial charge in [-0.05, 0) is 43.2 Å². The summed E-state index contributed by atoms with van der Waals surface area (Å²) in [6.45, 7) is 7.07. The maximum absolute atomic E-state index is 12.1. The van der Waals surface area contributed by atoms with Crippen LogP contribution in [-0.4, -0.2) is 41.5 Å². The second kappa shape index (κ2) is 13.2. The monoisotopic (exact) mass is 511 g/mol. The molecule has 2 aromatic rings. The van der Waals surface area contributed by atoms with Gasteiger partial charge in [0.2, 0.25) is 0 Å². The summed E-state index contributed by atoms with van der Waals surface area (Å²) in [4.78, 5) is 19.0. The standard InChI is InChI=1S/C22H33N5O.HI/c1-5-7-14-24-21(28)19-12-10-18(11-13-19)16-25-22(23-6-2)27(4)17-20-9-8-15-26(20)3;/h8-13,15H,5-7,14,16-17H2,1-4H3,(H,23,25)(H,24,28);1H. The Bertz CT molecular complexity index is 770. The van der Waals surface area contributed by atoms with Gasteiger partial charge in [0.25, 0.3) is 5.91 Å². The van der Waals surface area contributed by atoms with Crippen LogP contribution in [0, 0.1) is 0 Å². The molecule has 1 aromatic heterocycles. The van der Waals surface area contributed by atoms with Crippen molar-refractivity contribution in [1.29, 1.82) is 0 Å². The second-order valence-electron chi connectivity index (χ2n) is 6.94. The predicted molar refractivity (Wildman–Crippen MR) is 131 cm³/mol. The van der Waals surface area contributed by atoms with Crippen molar-refractivity contribution in [3.63, 3.8) is 0 Å². The Morgan fingerprint density at radius 2 is 1.86 bits per heavy atom. The van der Waals surface area contributed by atoms with Crippen molar-refractivity contribution >= 4 is 35.8 Å². The van der Waals surface area contributed by atoms with E-state index in [4.69, 9.17) is 4.99 Å². The van der Waals surface area contributed by atoms with E-state index in [1.807, 2.05) is 50.6 Å². The quantitative estimate of drug-likeness (QED) is 0.233. The number of aryl methyl sites for hydroxylation is 1. The summed E-state index contributed by atoms with van der Waals surface area (Å²) in [5.41, 5.74) is 3.00.